The summed E-state index contributed by atoms with van der Waals surface area (Å²) in [7, 11) is 5.69. The number of methoxy groups -OCH3 is 1. The average Bonchev–Trinajstić information content (AvgIpc) is 2.99. The summed E-state index contributed by atoms with van der Waals surface area (Å²) in [6, 6.07) is 12.5. The predicted molar refractivity (Wildman–Crippen MR) is 111 cm³/mol. The number of amides is 1. The lowest BCUT2D eigenvalue weighted by molar-refractivity contribution is -0.857. The molecule has 1 atom stereocenters. The molecule has 0 unspecified atom stereocenters. The Morgan fingerprint density at radius 2 is 1.83 bits per heavy atom. The summed E-state index contributed by atoms with van der Waals surface area (Å²) in [6.45, 7) is 3.22. The third-order valence-corrected chi connectivity index (χ3v) is 5.41. The van der Waals surface area contributed by atoms with Crippen molar-refractivity contribution >= 4 is 16.9 Å². The monoisotopic (exact) mass is 393 g/mol. The highest BCUT2D eigenvalue weighted by Crippen LogP contribution is 2.38. The first-order valence-electron chi connectivity index (χ1n) is 9.72. The van der Waals surface area contributed by atoms with E-state index >= 15 is 0 Å². The van der Waals surface area contributed by atoms with Gasteiger partial charge in [0, 0.05) is 0 Å². The molecule has 0 saturated heterocycles. The molecular formula is C23H25N2O4+. The summed E-state index contributed by atoms with van der Waals surface area (Å²) >= 11 is 0. The number of benzene rings is 2. The van der Waals surface area contributed by atoms with E-state index < -0.39 is 6.04 Å². The Bertz CT molecular complexity index is 1130. The van der Waals surface area contributed by atoms with Crippen LogP contribution in [0.2, 0.25) is 0 Å². The molecule has 0 aliphatic carbocycles. The van der Waals surface area contributed by atoms with Crippen LogP contribution in [-0.2, 0) is 0 Å². The Hall–Kier alpha value is -3.12. The second kappa shape index (κ2) is 7.37. The summed E-state index contributed by atoms with van der Waals surface area (Å²) < 4.78 is 11.2. The van der Waals surface area contributed by atoms with Crippen LogP contribution in [0.15, 0.2) is 51.7 Å². The highest BCUT2D eigenvalue weighted by molar-refractivity contribution is 5.99. The van der Waals surface area contributed by atoms with Crippen LogP contribution in [0.25, 0.3) is 11.0 Å². The molecule has 6 heteroatoms. The molecule has 1 amide bonds. The van der Waals surface area contributed by atoms with Crippen LogP contribution in [0.4, 0.5) is 0 Å². The molecule has 2 heterocycles. The van der Waals surface area contributed by atoms with Crippen LogP contribution in [0, 0.1) is 6.92 Å². The fourth-order valence-electron chi connectivity index (χ4n) is 3.84. The number of hydrogen-bond donors (Lipinski definition) is 1. The average molecular weight is 393 g/mol. The Morgan fingerprint density at radius 3 is 2.48 bits per heavy atom. The molecule has 1 aromatic heterocycles. The van der Waals surface area contributed by atoms with Crippen LogP contribution in [0.3, 0.4) is 0 Å². The number of carbonyl (C=O) groups excluding carboxylic acids is 1. The van der Waals surface area contributed by atoms with Crippen LogP contribution in [-0.4, -0.2) is 45.1 Å². The van der Waals surface area contributed by atoms with E-state index in [1.54, 1.807) is 18.1 Å². The van der Waals surface area contributed by atoms with Crippen molar-refractivity contribution in [2.75, 3.05) is 34.3 Å². The van der Waals surface area contributed by atoms with Crippen molar-refractivity contribution in [2.24, 2.45) is 0 Å². The minimum Gasteiger partial charge on any atom is -0.497 e. The van der Waals surface area contributed by atoms with Gasteiger partial charge >= 0.3 is 0 Å². The Kier molecular flexibility index (Phi) is 4.88. The van der Waals surface area contributed by atoms with Gasteiger partial charge in [-0.1, -0.05) is 23.8 Å². The first kappa shape index (κ1) is 19.2. The minimum atomic E-state index is -0.469. The number of aryl methyl sites for hydroxylation is 1. The van der Waals surface area contributed by atoms with E-state index in [2.05, 4.69) is 0 Å². The number of hydrogen-bond acceptors (Lipinski definition) is 4. The number of ether oxygens (including phenoxy) is 1. The van der Waals surface area contributed by atoms with Gasteiger partial charge in [-0.25, -0.2) is 0 Å². The zero-order valence-electron chi connectivity index (χ0n) is 17.1. The normalized spacial score (nSPS) is 16.0. The molecule has 1 N–H and O–H groups in total. The number of carbonyl (C=O) groups is 1. The first-order chi connectivity index (χ1) is 13.9. The van der Waals surface area contributed by atoms with E-state index in [4.69, 9.17) is 9.15 Å². The van der Waals surface area contributed by atoms with Crippen LogP contribution < -0.4 is 15.1 Å². The molecule has 150 valence electrons. The largest absolute Gasteiger partial charge is 0.497 e. The van der Waals surface area contributed by atoms with Gasteiger partial charge < -0.3 is 19.0 Å². The van der Waals surface area contributed by atoms with Crippen molar-refractivity contribution in [3.05, 3.63) is 75.1 Å². The number of quaternary nitrogens is 1. The van der Waals surface area contributed by atoms with Gasteiger partial charge in [-0.15, -0.1) is 0 Å². The standard InChI is InChI=1S/C23H24N2O4/c1-14-5-10-18-17(13-14)21(26)19-20(15-6-8-16(28-4)9-7-15)25(12-11-24(2)3)23(27)22(19)29-18/h5-10,13,20H,11-12H2,1-4H3/p+1/t20-/m0/s1. The zero-order chi connectivity index (χ0) is 20.7. The highest BCUT2D eigenvalue weighted by atomic mass is 16.5. The second-order valence-corrected chi connectivity index (χ2v) is 7.80. The van der Waals surface area contributed by atoms with Crippen LogP contribution in [0.5, 0.6) is 5.75 Å². The van der Waals surface area contributed by atoms with Gasteiger partial charge in [-0.3, -0.25) is 9.59 Å². The summed E-state index contributed by atoms with van der Waals surface area (Å²) in [4.78, 5) is 29.6. The van der Waals surface area contributed by atoms with E-state index in [1.165, 1.54) is 4.90 Å². The summed E-state index contributed by atoms with van der Waals surface area (Å²) in [5.74, 6) is 0.645. The lowest BCUT2D eigenvalue weighted by Gasteiger charge is -2.25. The van der Waals surface area contributed by atoms with Crippen molar-refractivity contribution in [3.8, 4) is 5.75 Å². The van der Waals surface area contributed by atoms with Crippen molar-refractivity contribution in [3.63, 3.8) is 0 Å². The van der Waals surface area contributed by atoms with Gasteiger partial charge in [0.1, 0.15) is 11.3 Å². The summed E-state index contributed by atoms with van der Waals surface area (Å²) in [5.41, 5.74) is 2.57. The molecule has 6 nitrogen and oxygen atoms in total. The topological polar surface area (TPSA) is 64.2 Å². The fourth-order valence-corrected chi connectivity index (χ4v) is 3.84. The van der Waals surface area contributed by atoms with E-state index in [0.29, 0.717) is 23.1 Å². The van der Waals surface area contributed by atoms with E-state index in [0.717, 1.165) is 23.4 Å². The molecule has 0 bridgehead atoms. The van der Waals surface area contributed by atoms with E-state index in [9.17, 15) is 9.59 Å². The smallest absolute Gasteiger partial charge is 0.291 e. The maximum absolute atomic E-state index is 13.4. The molecule has 0 radical (unpaired) electrons. The molecule has 4 rings (SSSR count). The maximum atomic E-state index is 13.4. The number of nitrogens with zero attached hydrogens (tertiary/aromatic N) is 1. The summed E-state index contributed by atoms with van der Waals surface area (Å²) in [6.07, 6.45) is 0. The molecule has 0 saturated carbocycles. The van der Waals surface area contributed by atoms with Crippen LogP contribution >= 0.6 is 0 Å². The zero-order valence-corrected chi connectivity index (χ0v) is 17.1. The number of rotatable bonds is 5. The van der Waals surface area contributed by atoms with Gasteiger partial charge in [0.15, 0.2) is 5.43 Å². The number of fused-ring (bicyclic) bond motifs is 2. The second-order valence-electron chi connectivity index (χ2n) is 7.80. The molecule has 2 aromatic carbocycles. The van der Waals surface area contributed by atoms with Gasteiger partial charge in [0.05, 0.1) is 51.3 Å². The van der Waals surface area contributed by atoms with Crippen molar-refractivity contribution in [1.29, 1.82) is 0 Å². The van der Waals surface area contributed by atoms with Gasteiger partial charge in [0.25, 0.3) is 5.91 Å². The molecule has 0 spiro atoms. The minimum absolute atomic E-state index is 0.140. The first-order valence-corrected chi connectivity index (χ1v) is 9.72. The van der Waals surface area contributed by atoms with Gasteiger partial charge in [0.2, 0.25) is 5.76 Å². The number of likely N-dealkylation sites (N-methyl/N-ethyl adjacent to an activating group) is 1. The number of nitrogens with one attached hydrogen (secondary N) is 1. The molecule has 3 aromatic rings. The molecule has 29 heavy (non-hydrogen) atoms. The van der Waals surface area contributed by atoms with Crippen molar-refractivity contribution in [1.82, 2.24) is 4.90 Å². The molecule has 1 aliphatic rings. The quantitative estimate of drug-likeness (QED) is 0.718. The van der Waals surface area contributed by atoms with E-state index in [1.807, 2.05) is 57.4 Å². The van der Waals surface area contributed by atoms with Gasteiger partial charge in [-0.05, 0) is 36.8 Å². The van der Waals surface area contributed by atoms with Crippen molar-refractivity contribution < 1.29 is 18.8 Å². The third-order valence-electron chi connectivity index (χ3n) is 5.41. The Morgan fingerprint density at radius 1 is 1.10 bits per heavy atom. The van der Waals surface area contributed by atoms with Crippen LogP contribution in [0.1, 0.15) is 33.3 Å². The molecule has 1 aliphatic heterocycles. The Labute approximate surface area is 169 Å². The van der Waals surface area contributed by atoms with E-state index in [-0.39, 0.29) is 17.1 Å². The van der Waals surface area contributed by atoms with Gasteiger partial charge in [-0.2, -0.15) is 0 Å². The lowest BCUT2D eigenvalue weighted by atomic mass is 9.98. The maximum Gasteiger partial charge on any atom is 0.291 e. The lowest BCUT2D eigenvalue weighted by Crippen LogP contribution is -3.06. The third kappa shape index (κ3) is 3.29. The predicted octanol–water partition coefficient (Wildman–Crippen LogP) is 1.80. The molecular weight excluding hydrogens is 368 g/mol. The Balaban J connectivity index is 1.92. The fraction of sp³-hybridized carbons (Fsp3) is 0.304. The van der Waals surface area contributed by atoms with Crippen molar-refractivity contribution in [2.45, 2.75) is 13.0 Å². The summed E-state index contributed by atoms with van der Waals surface area (Å²) in [5, 5.41) is 0.509. The SMILES string of the molecule is COc1ccc([C@H]2c3c(oc4ccc(C)cc4c3=O)C(=O)N2CC[NH+](C)C)cc1. The highest BCUT2D eigenvalue weighted by Gasteiger charge is 2.42. The molecule has 0 fully saturated rings.